The summed E-state index contributed by atoms with van der Waals surface area (Å²) in [6.45, 7) is 0. The average Bonchev–Trinajstić information content (AvgIpc) is 2.40. The summed E-state index contributed by atoms with van der Waals surface area (Å²) in [5, 5.41) is 4.53. The van der Waals surface area contributed by atoms with Crippen molar-refractivity contribution < 1.29 is 4.74 Å². The highest BCUT2D eigenvalue weighted by molar-refractivity contribution is 8.13. The van der Waals surface area contributed by atoms with Gasteiger partial charge in [-0.1, -0.05) is 17.2 Å². The number of thioether (sulfide) groups is 2. The highest BCUT2D eigenvalue weighted by Gasteiger charge is 2.14. The number of hydrogen-bond acceptors (Lipinski definition) is 4. The second kappa shape index (κ2) is 5.91. The van der Waals surface area contributed by atoms with Crippen LogP contribution in [0.25, 0.3) is 15.3 Å². The van der Waals surface area contributed by atoms with Crippen LogP contribution in [0, 0.1) is 0 Å². The molecule has 1 aliphatic rings. The molecule has 0 radical (unpaired) electrons. The minimum atomic E-state index is 0.772. The predicted octanol–water partition coefficient (Wildman–Crippen LogP) is 4.11. The molecule has 0 bridgehead atoms. The van der Waals surface area contributed by atoms with Gasteiger partial charge in [-0.2, -0.15) is 0 Å². The van der Waals surface area contributed by atoms with E-state index in [4.69, 9.17) is 10.3 Å². The van der Waals surface area contributed by atoms with E-state index in [0.717, 1.165) is 32.8 Å². The van der Waals surface area contributed by atoms with Crippen molar-refractivity contribution >= 4 is 28.4 Å². The van der Waals surface area contributed by atoms with Gasteiger partial charge in [0.2, 0.25) is 0 Å². The maximum Gasteiger partial charge on any atom is 0.118 e. The third-order valence-electron chi connectivity index (χ3n) is 2.25. The number of rotatable bonds is 3. The molecular formula is C11H11N3OS2. The van der Waals surface area contributed by atoms with Crippen LogP contribution in [0.1, 0.15) is 5.56 Å². The van der Waals surface area contributed by atoms with E-state index in [-0.39, 0.29) is 0 Å². The van der Waals surface area contributed by atoms with Gasteiger partial charge in [0.15, 0.2) is 0 Å². The maximum absolute atomic E-state index is 8.55. The SMILES string of the molecule is COc1ccc(C2=C(N=[N+]=[N-])SCCS2)cc1. The van der Waals surface area contributed by atoms with Gasteiger partial charge in [0, 0.05) is 21.3 Å². The topological polar surface area (TPSA) is 58.0 Å². The first-order valence-electron chi connectivity index (χ1n) is 5.04. The Hall–Kier alpha value is -1.23. The second-order valence-corrected chi connectivity index (χ2v) is 5.44. The lowest BCUT2D eigenvalue weighted by Gasteiger charge is -2.16. The van der Waals surface area contributed by atoms with E-state index in [1.54, 1.807) is 30.6 Å². The van der Waals surface area contributed by atoms with Crippen molar-refractivity contribution in [2.45, 2.75) is 0 Å². The quantitative estimate of drug-likeness (QED) is 0.469. The Labute approximate surface area is 108 Å². The van der Waals surface area contributed by atoms with E-state index < -0.39 is 0 Å². The lowest BCUT2D eigenvalue weighted by Crippen LogP contribution is -1.95. The molecule has 0 saturated heterocycles. The van der Waals surface area contributed by atoms with Crippen LogP contribution in [-0.2, 0) is 0 Å². The lowest BCUT2D eigenvalue weighted by atomic mass is 10.2. The van der Waals surface area contributed by atoms with E-state index in [1.165, 1.54) is 0 Å². The largest absolute Gasteiger partial charge is 0.497 e. The Kier molecular flexibility index (Phi) is 4.25. The standard InChI is InChI=1S/C11H11N3OS2/c1-15-9-4-2-8(3-5-9)10-11(13-14-12)17-7-6-16-10/h2-5H,6-7H2,1H3. The fourth-order valence-electron chi connectivity index (χ4n) is 1.47. The van der Waals surface area contributed by atoms with E-state index >= 15 is 0 Å². The van der Waals surface area contributed by atoms with E-state index in [9.17, 15) is 0 Å². The molecule has 0 unspecified atom stereocenters. The molecule has 0 aromatic heterocycles. The van der Waals surface area contributed by atoms with E-state index in [0.29, 0.717) is 0 Å². The molecule has 0 spiro atoms. The summed E-state index contributed by atoms with van der Waals surface area (Å²) < 4.78 is 5.12. The molecule has 0 fully saturated rings. The highest BCUT2D eigenvalue weighted by atomic mass is 32.2. The summed E-state index contributed by atoms with van der Waals surface area (Å²) in [6.07, 6.45) is 0. The molecule has 1 aliphatic heterocycles. The molecule has 1 heterocycles. The first-order chi connectivity index (χ1) is 8.35. The molecule has 1 aromatic rings. The fraction of sp³-hybridized carbons (Fsp3) is 0.273. The minimum absolute atomic E-state index is 0.772. The fourth-order valence-corrected chi connectivity index (χ4v) is 3.70. The Balaban J connectivity index is 2.37. The van der Waals surface area contributed by atoms with Crippen molar-refractivity contribution in [2.24, 2.45) is 5.11 Å². The van der Waals surface area contributed by atoms with Gasteiger partial charge in [-0.25, -0.2) is 0 Å². The van der Waals surface area contributed by atoms with Gasteiger partial charge < -0.3 is 4.74 Å². The summed E-state index contributed by atoms with van der Waals surface area (Å²) in [5.74, 6) is 2.85. The van der Waals surface area contributed by atoms with Crippen LogP contribution in [0.15, 0.2) is 34.4 Å². The van der Waals surface area contributed by atoms with Crippen LogP contribution < -0.4 is 4.74 Å². The van der Waals surface area contributed by atoms with Crippen molar-refractivity contribution in [1.82, 2.24) is 0 Å². The van der Waals surface area contributed by atoms with E-state index in [1.807, 2.05) is 24.3 Å². The van der Waals surface area contributed by atoms with Gasteiger partial charge in [0.1, 0.15) is 5.75 Å². The third kappa shape index (κ3) is 2.91. The number of methoxy groups -OCH3 is 1. The molecule has 0 aliphatic carbocycles. The van der Waals surface area contributed by atoms with Gasteiger partial charge in [-0.15, -0.1) is 23.5 Å². The first-order valence-corrected chi connectivity index (χ1v) is 7.01. The Morgan fingerprint density at radius 1 is 1.24 bits per heavy atom. The van der Waals surface area contributed by atoms with Crippen LogP contribution in [0.4, 0.5) is 0 Å². The zero-order valence-corrected chi connectivity index (χ0v) is 10.9. The first kappa shape index (κ1) is 12.2. The summed E-state index contributed by atoms with van der Waals surface area (Å²) in [4.78, 5) is 3.93. The molecule has 0 saturated carbocycles. The third-order valence-corrected chi connectivity index (χ3v) is 4.73. The van der Waals surface area contributed by atoms with Gasteiger partial charge in [0.05, 0.1) is 12.1 Å². The molecule has 1 aromatic carbocycles. The highest BCUT2D eigenvalue weighted by Crippen LogP contribution is 2.41. The van der Waals surface area contributed by atoms with Crippen molar-refractivity contribution in [3.8, 4) is 5.75 Å². The summed E-state index contributed by atoms with van der Waals surface area (Å²) >= 11 is 3.34. The smallest absolute Gasteiger partial charge is 0.118 e. The average molecular weight is 265 g/mol. The monoisotopic (exact) mass is 265 g/mol. The van der Waals surface area contributed by atoms with E-state index in [2.05, 4.69) is 10.0 Å². The lowest BCUT2D eigenvalue weighted by molar-refractivity contribution is 0.415. The molecule has 0 atom stereocenters. The van der Waals surface area contributed by atoms with Gasteiger partial charge in [-0.3, -0.25) is 0 Å². The van der Waals surface area contributed by atoms with Gasteiger partial charge in [0.25, 0.3) is 0 Å². The zero-order chi connectivity index (χ0) is 12.1. The Morgan fingerprint density at radius 2 is 1.94 bits per heavy atom. The van der Waals surface area contributed by atoms with Crippen LogP contribution in [0.2, 0.25) is 0 Å². The summed E-state index contributed by atoms with van der Waals surface area (Å²) in [5.41, 5.74) is 9.62. The second-order valence-electron chi connectivity index (χ2n) is 3.25. The van der Waals surface area contributed by atoms with Crippen molar-refractivity contribution in [2.75, 3.05) is 18.6 Å². The maximum atomic E-state index is 8.55. The Bertz CT molecular complexity index is 478. The van der Waals surface area contributed by atoms with Crippen LogP contribution in [-0.4, -0.2) is 18.6 Å². The van der Waals surface area contributed by atoms with Crippen LogP contribution in [0.3, 0.4) is 0 Å². The Morgan fingerprint density at radius 3 is 2.59 bits per heavy atom. The van der Waals surface area contributed by atoms with Crippen molar-refractivity contribution in [1.29, 1.82) is 0 Å². The number of ether oxygens (including phenoxy) is 1. The molecule has 6 heteroatoms. The van der Waals surface area contributed by atoms with Crippen LogP contribution in [0.5, 0.6) is 5.75 Å². The minimum Gasteiger partial charge on any atom is -0.497 e. The zero-order valence-electron chi connectivity index (χ0n) is 9.29. The van der Waals surface area contributed by atoms with Gasteiger partial charge >= 0.3 is 0 Å². The van der Waals surface area contributed by atoms with Gasteiger partial charge in [-0.05, 0) is 23.2 Å². The number of hydrogen-bond donors (Lipinski definition) is 0. The molecule has 4 nitrogen and oxygen atoms in total. The van der Waals surface area contributed by atoms with Crippen molar-refractivity contribution in [3.63, 3.8) is 0 Å². The molecule has 0 N–H and O–H groups in total. The molecular weight excluding hydrogens is 254 g/mol. The number of nitrogens with zero attached hydrogens (tertiary/aromatic N) is 3. The molecule has 0 amide bonds. The number of benzene rings is 1. The molecule has 88 valence electrons. The predicted molar refractivity (Wildman–Crippen MR) is 74.0 cm³/mol. The normalized spacial score (nSPS) is 15.4. The van der Waals surface area contributed by atoms with Crippen molar-refractivity contribution in [3.05, 3.63) is 45.3 Å². The number of azide groups is 1. The van der Waals surface area contributed by atoms with Crippen LogP contribution >= 0.6 is 23.5 Å². The summed E-state index contributed by atoms with van der Waals surface area (Å²) in [6, 6.07) is 7.80. The molecule has 17 heavy (non-hydrogen) atoms. The summed E-state index contributed by atoms with van der Waals surface area (Å²) in [7, 11) is 1.64. The molecule has 2 rings (SSSR count).